The summed E-state index contributed by atoms with van der Waals surface area (Å²) in [4.78, 5) is 4.16. The van der Waals surface area contributed by atoms with E-state index in [4.69, 9.17) is 28.9 Å². The van der Waals surface area contributed by atoms with Crippen LogP contribution in [0.1, 0.15) is 26.2 Å². The normalized spacial score (nSPS) is 17.9. The zero-order valence-corrected chi connectivity index (χ0v) is 10.6. The van der Waals surface area contributed by atoms with Gasteiger partial charge in [-0.15, -0.1) is 0 Å². The van der Waals surface area contributed by atoms with Gasteiger partial charge in [0, 0.05) is 6.04 Å². The number of aromatic nitrogens is 1. The summed E-state index contributed by atoms with van der Waals surface area (Å²) >= 11 is 11.9. The summed E-state index contributed by atoms with van der Waals surface area (Å²) < 4.78 is 0. The fraction of sp³-hybridized carbons (Fsp3) is 0.545. The third kappa shape index (κ3) is 2.36. The Kier molecular flexibility index (Phi) is 3.45. The third-order valence-corrected chi connectivity index (χ3v) is 3.77. The van der Waals surface area contributed by atoms with Crippen molar-refractivity contribution in [1.82, 2.24) is 4.98 Å². The molecule has 16 heavy (non-hydrogen) atoms. The van der Waals surface area contributed by atoms with Gasteiger partial charge in [-0.1, -0.05) is 29.6 Å². The molecule has 0 amide bonds. The predicted molar refractivity (Wildman–Crippen MR) is 69.1 cm³/mol. The van der Waals surface area contributed by atoms with E-state index in [1.54, 1.807) is 6.07 Å². The number of anilines is 2. The van der Waals surface area contributed by atoms with E-state index in [2.05, 4.69) is 17.2 Å². The number of nitrogens with one attached hydrogen (secondary N) is 1. The van der Waals surface area contributed by atoms with Crippen molar-refractivity contribution in [3.05, 3.63) is 16.1 Å². The Morgan fingerprint density at radius 3 is 2.69 bits per heavy atom. The molecular weight excluding hydrogens is 245 g/mol. The number of pyridine rings is 1. The first-order valence-electron chi connectivity index (χ1n) is 5.46. The molecule has 0 saturated heterocycles. The van der Waals surface area contributed by atoms with Gasteiger partial charge in [-0.2, -0.15) is 0 Å². The average molecular weight is 260 g/mol. The van der Waals surface area contributed by atoms with E-state index < -0.39 is 0 Å². The molecule has 88 valence electrons. The van der Waals surface area contributed by atoms with Crippen LogP contribution in [0.15, 0.2) is 6.07 Å². The van der Waals surface area contributed by atoms with Crippen molar-refractivity contribution in [1.29, 1.82) is 0 Å². The van der Waals surface area contributed by atoms with Crippen LogP contribution in [0.25, 0.3) is 0 Å². The minimum Gasteiger partial charge on any atom is -0.382 e. The van der Waals surface area contributed by atoms with Crippen LogP contribution >= 0.6 is 23.2 Å². The first-order valence-corrected chi connectivity index (χ1v) is 6.21. The third-order valence-electron chi connectivity index (χ3n) is 3.18. The van der Waals surface area contributed by atoms with Crippen molar-refractivity contribution >= 4 is 34.8 Å². The molecular formula is C11H15Cl2N3. The molecule has 1 aliphatic carbocycles. The summed E-state index contributed by atoms with van der Waals surface area (Å²) in [7, 11) is 0. The molecule has 1 fully saturated rings. The molecule has 1 heterocycles. The minimum absolute atomic E-state index is 0.314. The molecule has 0 aromatic carbocycles. The SMILES string of the molecule is CC(Nc1nc(N)c(Cl)cc1Cl)C1CCC1. The second kappa shape index (κ2) is 4.68. The predicted octanol–water partition coefficient (Wildman–Crippen LogP) is 3.57. The smallest absolute Gasteiger partial charge is 0.147 e. The highest BCUT2D eigenvalue weighted by molar-refractivity contribution is 6.37. The maximum atomic E-state index is 6.05. The average Bonchev–Trinajstić information content (AvgIpc) is 2.11. The lowest BCUT2D eigenvalue weighted by molar-refractivity contribution is 0.285. The molecule has 1 aromatic rings. The van der Waals surface area contributed by atoms with Gasteiger partial charge in [0.05, 0.1) is 10.0 Å². The van der Waals surface area contributed by atoms with E-state index in [1.807, 2.05) is 0 Å². The Hall–Kier alpha value is -0.670. The van der Waals surface area contributed by atoms with Crippen LogP contribution in [0.2, 0.25) is 10.0 Å². The lowest BCUT2D eigenvalue weighted by Crippen LogP contribution is -2.31. The van der Waals surface area contributed by atoms with Crippen LogP contribution in [-0.2, 0) is 0 Å². The number of rotatable bonds is 3. The number of nitrogens with two attached hydrogens (primary N) is 1. The second-order valence-corrected chi connectivity index (χ2v) is 5.12. The van der Waals surface area contributed by atoms with E-state index in [-0.39, 0.29) is 0 Å². The lowest BCUT2D eigenvalue weighted by Gasteiger charge is -2.32. The Morgan fingerprint density at radius 1 is 1.44 bits per heavy atom. The monoisotopic (exact) mass is 259 g/mol. The van der Waals surface area contributed by atoms with Gasteiger partial charge >= 0.3 is 0 Å². The molecule has 0 bridgehead atoms. The summed E-state index contributed by atoms with van der Waals surface area (Å²) in [6, 6.07) is 2.00. The van der Waals surface area contributed by atoms with Crippen LogP contribution in [0.4, 0.5) is 11.6 Å². The Balaban J connectivity index is 2.11. The van der Waals surface area contributed by atoms with Gasteiger partial charge in [0.25, 0.3) is 0 Å². The van der Waals surface area contributed by atoms with Gasteiger partial charge in [-0.25, -0.2) is 4.98 Å². The number of halogens is 2. The highest BCUT2D eigenvalue weighted by Crippen LogP contribution is 2.33. The quantitative estimate of drug-likeness (QED) is 0.873. The Morgan fingerprint density at radius 2 is 2.12 bits per heavy atom. The maximum Gasteiger partial charge on any atom is 0.147 e. The van der Waals surface area contributed by atoms with Crippen molar-refractivity contribution in [2.45, 2.75) is 32.2 Å². The lowest BCUT2D eigenvalue weighted by atomic mass is 9.80. The van der Waals surface area contributed by atoms with Crippen molar-refractivity contribution in [2.24, 2.45) is 5.92 Å². The molecule has 2 rings (SSSR count). The summed E-state index contributed by atoms with van der Waals surface area (Å²) in [5.74, 6) is 1.66. The number of hydrogen-bond donors (Lipinski definition) is 2. The largest absolute Gasteiger partial charge is 0.382 e. The van der Waals surface area contributed by atoms with E-state index in [0.29, 0.717) is 27.7 Å². The van der Waals surface area contributed by atoms with Crippen molar-refractivity contribution in [3.8, 4) is 0 Å². The Bertz CT molecular complexity index is 391. The molecule has 1 unspecified atom stereocenters. The number of nitrogens with zero attached hydrogens (tertiary/aromatic N) is 1. The molecule has 1 aromatic heterocycles. The van der Waals surface area contributed by atoms with Gasteiger partial charge in [0.15, 0.2) is 0 Å². The minimum atomic E-state index is 0.314. The standard InChI is InChI=1S/C11H15Cl2N3/c1-6(7-3-2-4-7)15-11-9(13)5-8(12)10(14)16-11/h5-7H,2-4H2,1H3,(H3,14,15,16). The molecule has 3 N–H and O–H groups in total. The van der Waals surface area contributed by atoms with Crippen LogP contribution in [-0.4, -0.2) is 11.0 Å². The summed E-state index contributed by atoms with van der Waals surface area (Å²) in [6.07, 6.45) is 3.87. The molecule has 1 saturated carbocycles. The first-order chi connectivity index (χ1) is 7.58. The van der Waals surface area contributed by atoms with Crippen molar-refractivity contribution < 1.29 is 0 Å². The van der Waals surface area contributed by atoms with E-state index >= 15 is 0 Å². The van der Waals surface area contributed by atoms with Crippen molar-refractivity contribution in [3.63, 3.8) is 0 Å². The maximum absolute atomic E-state index is 6.05. The van der Waals surface area contributed by atoms with Crippen LogP contribution < -0.4 is 11.1 Å². The van der Waals surface area contributed by atoms with Crippen LogP contribution in [0, 0.1) is 5.92 Å². The number of hydrogen-bond acceptors (Lipinski definition) is 3. The van der Waals surface area contributed by atoms with Crippen molar-refractivity contribution in [2.75, 3.05) is 11.1 Å². The molecule has 0 radical (unpaired) electrons. The zero-order chi connectivity index (χ0) is 11.7. The van der Waals surface area contributed by atoms with Gasteiger partial charge in [-0.3, -0.25) is 0 Å². The molecule has 1 aliphatic rings. The molecule has 0 aliphatic heterocycles. The first kappa shape index (κ1) is 11.8. The number of nitrogen functional groups attached to an aromatic ring is 1. The topological polar surface area (TPSA) is 50.9 Å². The highest BCUT2D eigenvalue weighted by Gasteiger charge is 2.24. The van der Waals surface area contributed by atoms with E-state index in [1.165, 1.54) is 19.3 Å². The van der Waals surface area contributed by atoms with Crippen LogP contribution in [0.5, 0.6) is 0 Å². The summed E-state index contributed by atoms with van der Waals surface area (Å²) in [5.41, 5.74) is 5.65. The van der Waals surface area contributed by atoms with Crippen LogP contribution in [0.3, 0.4) is 0 Å². The van der Waals surface area contributed by atoms with Gasteiger partial charge < -0.3 is 11.1 Å². The van der Waals surface area contributed by atoms with Gasteiger partial charge in [0.2, 0.25) is 0 Å². The molecule has 3 nitrogen and oxygen atoms in total. The van der Waals surface area contributed by atoms with E-state index in [0.717, 1.165) is 5.92 Å². The summed E-state index contributed by atoms with van der Waals surface area (Å²) in [6.45, 7) is 2.15. The van der Waals surface area contributed by atoms with Gasteiger partial charge in [0.1, 0.15) is 11.6 Å². The summed E-state index contributed by atoms with van der Waals surface area (Å²) in [5, 5.41) is 4.21. The van der Waals surface area contributed by atoms with E-state index in [9.17, 15) is 0 Å². The zero-order valence-electron chi connectivity index (χ0n) is 9.13. The Labute approximate surface area is 105 Å². The molecule has 0 spiro atoms. The molecule has 5 heteroatoms. The highest BCUT2D eigenvalue weighted by atomic mass is 35.5. The molecule has 1 atom stereocenters. The van der Waals surface area contributed by atoms with Gasteiger partial charge in [-0.05, 0) is 31.7 Å². The fourth-order valence-corrected chi connectivity index (χ4v) is 2.27. The second-order valence-electron chi connectivity index (χ2n) is 4.31. The fourth-order valence-electron chi connectivity index (χ4n) is 1.86.